The van der Waals surface area contributed by atoms with Crippen molar-refractivity contribution in [3.05, 3.63) is 58.7 Å². The molecule has 19 nitrogen and oxygen atoms in total. The lowest BCUT2D eigenvalue weighted by molar-refractivity contribution is -0.136. The highest BCUT2D eigenvalue weighted by Crippen LogP contribution is 2.39. The van der Waals surface area contributed by atoms with E-state index in [4.69, 9.17) is 37.3 Å². The molecule has 4 heterocycles. The van der Waals surface area contributed by atoms with Gasteiger partial charge in [0.1, 0.15) is 23.3 Å². The van der Waals surface area contributed by atoms with E-state index < -0.39 is 47.9 Å². The Balaban J connectivity index is 0.800. The normalized spacial score (nSPS) is 17.3. The van der Waals surface area contributed by atoms with Gasteiger partial charge in [0, 0.05) is 48.7 Å². The summed E-state index contributed by atoms with van der Waals surface area (Å²) in [6, 6.07) is 8.94. The van der Waals surface area contributed by atoms with Gasteiger partial charge in [-0.2, -0.15) is 0 Å². The molecule has 2 saturated heterocycles. The lowest BCUT2D eigenvalue weighted by atomic mass is 9.91. The summed E-state index contributed by atoms with van der Waals surface area (Å²) in [5, 5.41) is 11.4. The summed E-state index contributed by atoms with van der Waals surface area (Å²) in [7, 11) is 0. The number of amides is 6. The maximum absolute atomic E-state index is 13.2. The summed E-state index contributed by atoms with van der Waals surface area (Å²) in [4.78, 5) is 87.8. The molecule has 61 heavy (non-hydrogen) atoms. The maximum Gasteiger partial charge on any atom is 0.264 e. The van der Waals surface area contributed by atoms with E-state index in [1.165, 1.54) is 17.8 Å². The molecule has 2 aromatic carbocycles. The van der Waals surface area contributed by atoms with E-state index in [0.29, 0.717) is 53.5 Å². The van der Waals surface area contributed by atoms with Crippen LogP contribution in [0.3, 0.4) is 0 Å². The number of carbonyl (C=O) groups excluding carboxylic acids is 6. The standard InChI is InChI=1S/C40H49ClN10O9S/c1-40(43)10-14-50(15-11-40)29-23-46-37(35(42)48-29)61-28-7-3-6-26(34(28)41)47-32(54)22-31(53)45-13-17-59-19-21-60-20-18-58-16-12-44-25-5-2-4-24-33(25)39(57)51(38(24)56)27-8-9-30(52)49-36(27)55/h2-7,23,27,44H,8-22,43H2,1H3,(H2,42,48)(H,45,53)(H,47,54)(H,49,52,55). The number of ether oxygens (including phenoxy) is 3. The van der Waals surface area contributed by atoms with Gasteiger partial charge in [0.25, 0.3) is 11.8 Å². The van der Waals surface area contributed by atoms with E-state index >= 15 is 0 Å². The minimum atomic E-state index is -1.04. The molecule has 1 unspecified atom stereocenters. The monoisotopic (exact) mass is 880 g/mol. The van der Waals surface area contributed by atoms with Crippen molar-refractivity contribution in [1.29, 1.82) is 0 Å². The Bertz CT molecular complexity index is 2130. The number of nitrogens with one attached hydrogen (secondary N) is 4. The Hall–Kier alpha value is -5.38. The van der Waals surface area contributed by atoms with Crippen LogP contribution in [0.5, 0.6) is 0 Å². The summed E-state index contributed by atoms with van der Waals surface area (Å²) in [6.07, 6.45) is 3.06. The van der Waals surface area contributed by atoms with Crippen LogP contribution < -0.4 is 37.6 Å². The molecule has 0 aliphatic carbocycles. The van der Waals surface area contributed by atoms with Crippen LogP contribution in [0, 0.1) is 0 Å². The molecule has 2 fully saturated rings. The van der Waals surface area contributed by atoms with Crippen molar-refractivity contribution in [2.24, 2.45) is 5.73 Å². The molecule has 1 aromatic heterocycles. The minimum absolute atomic E-state index is 0.0443. The van der Waals surface area contributed by atoms with E-state index in [1.807, 2.05) is 6.92 Å². The third-order valence-corrected chi connectivity index (χ3v) is 11.7. The summed E-state index contributed by atoms with van der Waals surface area (Å²) in [5.74, 6) is -2.34. The van der Waals surface area contributed by atoms with Gasteiger partial charge < -0.3 is 46.5 Å². The molecule has 8 N–H and O–H groups in total. The first-order chi connectivity index (χ1) is 29.3. The summed E-state index contributed by atoms with van der Waals surface area (Å²) >= 11 is 7.84. The Kier molecular flexibility index (Phi) is 15.5. The van der Waals surface area contributed by atoms with E-state index in [9.17, 15) is 28.8 Å². The van der Waals surface area contributed by atoms with Gasteiger partial charge in [0.2, 0.25) is 23.6 Å². The number of nitrogens with zero attached hydrogens (tertiary/aromatic N) is 4. The minimum Gasteiger partial charge on any atom is -0.382 e. The van der Waals surface area contributed by atoms with Gasteiger partial charge in [0.15, 0.2) is 5.82 Å². The van der Waals surface area contributed by atoms with E-state index in [2.05, 4.69) is 36.1 Å². The fourth-order valence-electron chi connectivity index (χ4n) is 6.78. The van der Waals surface area contributed by atoms with Crippen LogP contribution in [0.2, 0.25) is 5.02 Å². The first-order valence-electron chi connectivity index (χ1n) is 19.8. The van der Waals surface area contributed by atoms with Crippen LogP contribution in [-0.2, 0) is 33.4 Å². The number of imide groups is 2. The van der Waals surface area contributed by atoms with E-state index in [-0.39, 0.29) is 66.7 Å². The molecule has 1 atom stereocenters. The molecule has 3 aliphatic rings. The highest BCUT2D eigenvalue weighted by molar-refractivity contribution is 7.99. The van der Waals surface area contributed by atoms with E-state index in [1.54, 1.807) is 36.5 Å². The van der Waals surface area contributed by atoms with Crippen molar-refractivity contribution in [3.63, 3.8) is 0 Å². The van der Waals surface area contributed by atoms with Crippen LogP contribution in [0.15, 0.2) is 52.5 Å². The quantitative estimate of drug-likeness (QED) is 0.0540. The van der Waals surface area contributed by atoms with Crippen molar-refractivity contribution in [3.8, 4) is 0 Å². The topological polar surface area (TPSA) is 263 Å². The van der Waals surface area contributed by atoms with Crippen LogP contribution in [-0.4, -0.2) is 128 Å². The SMILES string of the molecule is CC1(N)CCN(c2cnc(Sc3cccc(NC(=O)CC(=O)NCCOCCOCCOCCNc4cccc5c4C(=O)N(C4CCC(=O)NC4=O)C5=O)c3Cl)c(N)n2)CC1. The molecule has 3 aromatic rings. The largest absolute Gasteiger partial charge is 0.382 e. The fourth-order valence-corrected chi connectivity index (χ4v) is 7.88. The number of anilines is 4. The summed E-state index contributed by atoms with van der Waals surface area (Å²) in [5.41, 5.74) is 13.5. The number of rotatable bonds is 20. The maximum atomic E-state index is 13.2. The smallest absolute Gasteiger partial charge is 0.264 e. The molecule has 0 radical (unpaired) electrons. The summed E-state index contributed by atoms with van der Waals surface area (Å²) in [6.45, 7) is 5.78. The van der Waals surface area contributed by atoms with Gasteiger partial charge in [-0.3, -0.25) is 39.0 Å². The van der Waals surface area contributed by atoms with Gasteiger partial charge in [-0.25, -0.2) is 9.97 Å². The number of aromatic nitrogens is 2. The van der Waals surface area contributed by atoms with Crippen molar-refractivity contribution < 1.29 is 43.0 Å². The first-order valence-corrected chi connectivity index (χ1v) is 21.0. The second-order valence-corrected chi connectivity index (χ2v) is 16.2. The number of carbonyl (C=O) groups is 6. The first kappa shape index (κ1) is 45.2. The molecule has 0 saturated carbocycles. The number of nitrogens with two attached hydrogens (primary N) is 2. The third-order valence-electron chi connectivity index (χ3n) is 10.1. The second-order valence-electron chi connectivity index (χ2n) is 14.8. The Morgan fingerprint density at radius 2 is 1.61 bits per heavy atom. The van der Waals surface area contributed by atoms with Crippen LogP contribution in [0.4, 0.5) is 23.0 Å². The number of nitrogen functional groups attached to an aromatic ring is 1. The molecular weight excluding hydrogens is 832 g/mol. The number of hydrogen-bond donors (Lipinski definition) is 6. The Labute approximate surface area is 361 Å². The van der Waals surface area contributed by atoms with E-state index in [0.717, 1.165) is 30.8 Å². The second kappa shape index (κ2) is 20.9. The number of benzene rings is 2. The summed E-state index contributed by atoms with van der Waals surface area (Å²) < 4.78 is 16.6. The zero-order valence-corrected chi connectivity index (χ0v) is 35.2. The van der Waals surface area contributed by atoms with Crippen molar-refractivity contribution >= 4 is 81.8 Å². The molecule has 0 spiro atoms. The predicted molar refractivity (Wildman–Crippen MR) is 226 cm³/mol. The number of hydrogen-bond acceptors (Lipinski definition) is 16. The fraction of sp³-hybridized carbons (Fsp3) is 0.450. The van der Waals surface area contributed by atoms with Gasteiger partial charge >= 0.3 is 0 Å². The molecule has 6 amide bonds. The molecule has 0 bridgehead atoms. The van der Waals surface area contributed by atoms with Crippen LogP contribution in [0.1, 0.15) is 59.7 Å². The number of halogens is 1. The lowest BCUT2D eigenvalue weighted by Crippen LogP contribution is -2.54. The zero-order chi connectivity index (χ0) is 43.5. The number of fused-ring (bicyclic) bond motifs is 1. The predicted octanol–water partition coefficient (Wildman–Crippen LogP) is 2.19. The molecule has 326 valence electrons. The van der Waals surface area contributed by atoms with Crippen LogP contribution in [0.25, 0.3) is 0 Å². The van der Waals surface area contributed by atoms with Crippen molar-refractivity contribution in [2.45, 2.75) is 60.5 Å². The average molecular weight is 881 g/mol. The van der Waals surface area contributed by atoms with Gasteiger partial charge in [0.05, 0.1) is 67.7 Å². The highest BCUT2D eigenvalue weighted by Gasteiger charge is 2.45. The van der Waals surface area contributed by atoms with Crippen molar-refractivity contribution in [2.75, 3.05) is 87.1 Å². The Morgan fingerprint density at radius 1 is 0.934 bits per heavy atom. The molecular formula is C40H49ClN10O9S. The van der Waals surface area contributed by atoms with Crippen LogP contribution >= 0.6 is 23.4 Å². The molecule has 6 rings (SSSR count). The molecule has 3 aliphatic heterocycles. The average Bonchev–Trinajstić information content (AvgIpc) is 3.47. The van der Waals surface area contributed by atoms with Gasteiger partial charge in [-0.05, 0) is 50.5 Å². The Morgan fingerprint density at radius 3 is 2.31 bits per heavy atom. The zero-order valence-electron chi connectivity index (χ0n) is 33.6. The lowest BCUT2D eigenvalue weighted by Gasteiger charge is -2.37. The molecule has 21 heteroatoms. The van der Waals surface area contributed by atoms with Gasteiger partial charge in [-0.1, -0.05) is 35.5 Å². The number of piperidine rings is 2. The highest BCUT2D eigenvalue weighted by atomic mass is 35.5. The van der Waals surface area contributed by atoms with Gasteiger partial charge in [-0.15, -0.1) is 0 Å². The van der Waals surface area contributed by atoms with Crippen molar-refractivity contribution in [1.82, 2.24) is 25.5 Å². The third kappa shape index (κ3) is 11.9.